The number of rotatable bonds is 3. The summed E-state index contributed by atoms with van der Waals surface area (Å²) >= 11 is 3.45. The van der Waals surface area contributed by atoms with Gasteiger partial charge in [-0.15, -0.1) is 0 Å². The number of benzene rings is 1. The van der Waals surface area contributed by atoms with Crippen molar-refractivity contribution >= 4 is 33.4 Å². The molecule has 1 aromatic rings. The van der Waals surface area contributed by atoms with Gasteiger partial charge in [-0.3, -0.25) is 14.5 Å². The molecule has 1 heterocycles. The molecule has 0 radical (unpaired) electrons. The fourth-order valence-electron chi connectivity index (χ4n) is 5.16. The average Bonchev–Trinajstić information content (AvgIpc) is 3.33. The van der Waals surface area contributed by atoms with Crippen LogP contribution in [0, 0.1) is 42.4 Å². The van der Waals surface area contributed by atoms with Crippen molar-refractivity contribution in [2.24, 2.45) is 35.5 Å². The van der Waals surface area contributed by atoms with Crippen LogP contribution in [0.3, 0.4) is 0 Å². The molecule has 124 valence electrons. The number of likely N-dealkylation sites (tertiary alicyclic amines) is 1. The van der Waals surface area contributed by atoms with Gasteiger partial charge in [0.25, 0.3) is 0 Å². The van der Waals surface area contributed by atoms with Gasteiger partial charge in [-0.05, 0) is 60.8 Å². The Morgan fingerprint density at radius 2 is 1.75 bits per heavy atom. The predicted octanol–water partition coefficient (Wildman–Crippen LogP) is 3.18. The van der Waals surface area contributed by atoms with E-state index in [9.17, 15) is 9.59 Å². The normalized spacial score (nSPS) is 38.3. The highest BCUT2D eigenvalue weighted by Crippen LogP contribution is 2.65. The van der Waals surface area contributed by atoms with E-state index in [1.165, 1.54) is 11.3 Å². The Labute approximate surface area is 149 Å². The molecule has 1 saturated heterocycles. The SMILES string of the molecule is Cc1cc(Br)ccc1NCN1C(=O)[C@@H]2[C@H]3C=C[C@@H]([C@@H]4C[C@H]34)[C@@H]2C1=O. The van der Waals surface area contributed by atoms with Crippen molar-refractivity contribution in [3.05, 3.63) is 40.4 Å². The number of carbonyl (C=O) groups is 2. The number of hydrogen-bond donors (Lipinski definition) is 1. The first-order chi connectivity index (χ1) is 11.6. The predicted molar refractivity (Wildman–Crippen MR) is 93.9 cm³/mol. The molecule has 5 aliphatic rings. The fraction of sp³-hybridized carbons (Fsp3) is 0.474. The van der Waals surface area contributed by atoms with Gasteiger partial charge < -0.3 is 5.32 Å². The molecule has 0 spiro atoms. The Kier molecular flexibility index (Phi) is 3.03. The lowest BCUT2D eigenvalue weighted by Crippen LogP contribution is -2.40. The van der Waals surface area contributed by atoms with Crippen molar-refractivity contribution in [3.8, 4) is 0 Å². The lowest BCUT2D eigenvalue weighted by molar-refractivity contribution is -0.139. The molecule has 6 rings (SSSR count). The molecule has 4 nitrogen and oxygen atoms in total. The van der Waals surface area contributed by atoms with Gasteiger partial charge >= 0.3 is 0 Å². The summed E-state index contributed by atoms with van der Waals surface area (Å²) in [7, 11) is 0. The molecule has 5 heteroatoms. The summed E-state index contributed by atoms with van der Waals surface area (Å²) in [6.45, 7) is 2.28. The third kappa shape index (κ3) is 1.91. The van der Waals surface area contributed by atoms with E-state index in [1.807, 2.05) is 25.1 Å². The van der Waals surface area contributed by atoms with Crippen LogP contribution in [-0.4, -0.2) is 23.4 Å². The van der Waals surface area contributed by atoms with E-state index in [4.69, 9.17) is 0 Å². The molecule has 1 aromatic carbocycles. The average molecular weight is 387 g/mol. The van der Waals surface area contributed by atoms with Crippen LogP contribution >= 0.6 is 15.9 Å². The van der Waals surface area contributed by atoms with E-state index in [1.54, 1.807) is 0 Å². The van der Waals surface area contributed by atoms with Crippen LogP contribution in [0.5, 0.6) is 0 Å². The summed E-state index contributed by atoms with van der Waals surface area (Å²) in [6, 6.07) is 5.95. The van der Waals surface area contributed by atoms with Gasteiger partial charge in [-0.1, -0.05) is 28.1 Å². The third-order valence-corrected chi connectivity index (χ3v) is 6.86. The highest BCUT2D eigenvalue weighted by molar-refractivity contribution is 9.10. The minimum absolute atomic E-state index is 0.0250. The first-order valence-electron chi connectivity index (χ1n) is 8.60. The second-order valence-electron chi connectivity index (χ2n) is 7.55. The van der Waals surface area contributed by atoms with Gasteiger partial charge in [-0.25, -0.2) is 0 Å². The van der Waals surface area contributed by atoms with Crippen LogP contribution in [-0.2, 0) is 9.59 Å². The molecule has 4 aliphatic carbocycles. The Morgan fingerprint density at radius 3 is 2.33 bits per heavy atom. The number of aryl methyl sites for hydroxylation is 1. The number of halogens is 1. The van der Waals surface area contributed by atoms with Crippen molar-refractivity contribution in [2.75, 3.05) is 12.0 Å². The summed E-state index contributed by atoms with van der Waals surface area (Å²) in [5.41, 5.74) is 2.04. The molecule has 0 unspecified atom stereocenters. The van der Waals surface area contributed by atoms with Crippen LogP contribution in [0.2, 0.25) is 0 Å². The molecule has 24 heavy (non-hydrogen) atoms. The van der Waals surface area contributed by atoms with Crippen LogP contribution in [0.4, 0.5) is 5.69 Å². The Bertz CT molecular complexity index is 754. The van der Waals surface area contributed by atoms with Crippen molar-refractivity contribution < 1.29 is 9.59 Å². The Morgan fingerprint density at radius 1 is 1.12 bits per heavy atom. The number of allylic oxidation sites excluding steroid dienone is 2. The van der Waals surface area contributed by atoms with Crippen molar-refractivity contribution in [1.29, 1.82) is 0 Å². The van der Waals surface area contributed by atoms with Gasteiger partial charge in [0.2, 0.25) is 11.8 Å². The highest BCUT2D eigenvalue weighted by atomic mass is 79.9. The maximum Gasteiger partial charge on any atom is 0.235 e. The number of nitrogens with zero attached hydrogens (tertiary/aromatic N) is 1. The van der Waals surface area contributed by atoms with Crippen LogP contribution in [0.1, 0.15) is 12.0 Å². The van der Waals surface area contributed by atoms with E-state index in [-0.39, 0.29) is 30.3 Å². The van der Waals surface area contributed by atoms with Crippen LogP contribution in [0.15, 0.2) is 34.8 Å². The second kappa shape index (κ2) is 4.94. The van der Waals surface area contributed by atoms with Gasteiger partial charge in [0.05, 0.1) is 18.5 Å². The number of anilines is 1. The molecule has 1 N–H and O–H groups in total. The smallest absolute Gasteiger partial charge is 0.235 e. The highest BCUT2D eigenvalue weighted by Gasteiger charge is 2.66. The van der Waals surface area contributed by atoms with Crippen molar-refractivity contribution in [2.45, 2.75) is 13.3 Å². The van der Waals surface area contributed by atoms with Gasteiger partial charge in [0.1, 0.15) is 0 Å². The quantitative estimate of drug-likeness (QED) is 0.640. The summed E-state index contributed by atoms with van der Waals surface area (Å²) < 4.78 is 1.02. The standard InChI is InChI=1S/C19H19BrN2O2/c1-9-6-10(20)2-5-15(9)21-8-22-18(23)16-11-3-4-12(14-7-13(11)14)17(16)19(22)24/h2-6,11-14,16-17,21H,7-8H2,1H3/t11-,12-,13-,14+,16-,17+/m0/s1. The van der Waals surface area contributed by atoms with E-state index in [2.05, 4.69) is 33.4 Å². The fourth-order valence-corrected chi connectivity index (χ4v) is 5.64. The zero-order chi connectivity index (χ0) is 16.6. The van der Waals surface area contributed by atoms with E-state index < -0.39 is 0 Å². The summed E-state index contributed by atoms with van der Waals surface area (Å²) in [6.07, 6.45) is 5.62. The molecule has 1 aliphatic heterocycles. The minimum atomic E-state index is -0.107. The largest absolute Gasteiger partial charge is 0.367 e. The second-order valence-corrected chi connectivity index (χ2v) is 8.47. The van der Waals surface area contributed by atoms with E-state index >= 15 is 0 Å². The van der Waals surface area contributed by atoms with Gasteiger partial charge in [0, 0.05) is 10.2 Å². The lowest BCUT2D eigenvalue weighted by atomic mass is 9.63. The molecule has 2 amide bonds. The maximum absolute atomic E-state index is 12.9. The van der Waals surface area contributed by atoms with Crippen molar-refractivity contribution in [1.82, 2.24) is 4.90 Å². The summed E-state index contributed by atoms with van der Waals surface area (Å²) in [4.78, 5) is 27.2. The Balaban J connectivity index is 1.37. The number of imide groups is 1. The first-order valence-corrected chi connectivity index (χ1v) is 9.39. The molecular weight excluding hydrogens is 368 g/mol. The topological polar surface area (TPSA) is 49.4 Å². The van der Waals surface area contributed by atoms with Crippen LogP contribution in [0.25, 0.3) is 0 Å². The molecule has 0 aromatic heterocycles. The van der Waals surface area contributed by atoms with Gasteiger partial charge in [0.15, 0.2) is 0 Å². The number of nitrogens with one attached hydrogen (secondary N) is 1. The van der Waals surface area contributed by atoms with Crippen LogP contribution < -0.4 is 5.32 Å². The summed E-state index contributed by atoms with van der Waals surface area (Å²) in [5, 5.41) is 3.27. The monoisotopic (exact) mass is 386 g/mol. The van der Waals surface area contributed by atoms with E-state index in [0.29, 0.717) is 23.7 Å². The number of carbonyl (C=O) groups excluding carboxylic acids is 2. The van der Waals surface area contributed by atoms with Gasteiger partial charge in [-0.2, -0.15) is 0 Å². The van der Waals surface area contributed by atoms with Crippen molar-refractivity contribution in [3.63, 3.8) is 0 Å². The maximum atomic E-state index is 12.9. The molecule has 3 fully saturated rings. The summed E-state index contributed by atoms with van der Waals surface area (Å²) in [5.74, 6) is 1.73. The number of amides is 2. The molecule has 6 atom stereocenters. The molecule has 2 bridgehead atoms. The third-order valence-electron chi connectivity index (χ3n) is 6.37. The first kappa shape index (κ1) is 14.7. The Hall–Kier alpha value is -1.62. The molecule has 2 saturated carbocycles. The number of hydrogen-bond acceptors (Lipinski definition) is 3. The van der Waals surface area contributed by atoms with E-state index in [0.717, 1.165) is 15.7 Å². The minimum Gasteiger partial charge on any atom is -0.367 e. The zero-order valence-electron chi connectivity index (χ0n) is 13.4. The molecular formula is C19H19BrN2O2. The zero-order valence-corrected chi connectivity index (χ0v) is 15.0. The lowest BCUT2D eigenvalue weighted by Gasteiger charge is -2.37.